The maximum absolute atomic E-state index is 5.75. The summed E-state index contributed by atoms with van der Waals surface area (Å²) in [4.78, 5) is 4.27. The van der Waals surface area contributed by atoms with Gasteiger partial charge < -0.3 is 14.8 Å². The summed E-state index contributed by atoms with van der Waals surface area (Å²) in [6.45, 7) is 6.01. The van der Waals surface area contributed by atoms with Crippen molar-refractivity contribution in [1.82, 2.24) is 4.98 Å². The van der Waals surface area contributed by atoms with E-state index >= 15 is 0 Å². The summed E-state index contributed by atoms with van der Waals surface area (Å²) in [5.41, 5.74) is 0.683. The Hall–Kier alpha value is -1.45. The van der Waals surface area contributed by atoms with Gasteiger partial charge in [0.2, 0.25) is 5.88 Å². The molecular formula is C13H20N2O2. The van der Waals surface area contributed by atoms with E-state index in [4.69, 9.17) is 9.47 Å². The molecule has 1 N–H and O–H groups in total. The Labute approximate surface area is 102 Å². The van der Waals surface area contributed by atoms with Gasteiger partial charge in [-0.15, -0.1) is 0 Å². The van der Waals surface area contributed by atoms with E-state index in [1.165, 1.54) is 0 Å². The second-order valence-electron chi connectivity index (χ2n) is 5.30. The third kappa shape index (κ3) is 3.51. The number of aromatic nitrogens is 1. The number of ether oxygens (including phenoxy) is 2. The molecule has 1 aromatic rings. The summed E-state index contributed by atoms with van der Waals surface area (Å²) in [6.07, 6.45) is 4.39. The monoisotopic (exact) mass is 236 g/mol. The van der Waals surface area contributed by atoms with Gasteiger partial charge in [-0.25, -0.2) is 4.98 Å². The third-order valence-corrected chi connectivity index (χ3v) is 2.34. The van der Waals surface area contributed by atoms with E-state index in [9.17, 15) is 0 Å². The Kier molecular flexibility index (Phi) is 3.13. The van der Waals surface area contributed by atoms with Crippen LogP contribution in [-0.4, -0.2) is 23.7 Å². The Balaban J connectivity index is 2.14. The summed E-state index contributed by atoms with van der Waals surface area (Å²) in [5.74, 6) is 1.42. The highest BCUT2D eigenvalue weighted by atomic mass is 16.5. The van der Waals surface area contributed by atoms with Crippen LogP contribution in [0, 0.1) is 0 Å². The van der Waals surface area contributed by atoms with Crippen molar-refractivity contribution in [1.29, 1.82) is 0 Å². The lowest BCUT2D eigenvalue weighted by Gasteiger charge is -2.21. The Morgan fingerprint density at radius 3 is 2.59 bits per heavy atom. The number of hydrogen-bond donors (Lipinski definition) is 1. The maximum Gasteiger partial charge on any atom is 0.216 e. The van der Waals surface area contributed by atoms with Crippen molar-refractivity contribution in [2.24, 2.45) is 0 Å². The van der Waals surface area contributed by atoms with E-state index < -0.39 is 0 Å². The van der Waals surface area contributed by atoms with Crippen LogP contribution >= 0.6 is 0 Å². The summed E-state index contributed by atoms with van der Waals surface area (Å²) in [6, 6.07) is 1.88. The molecule has 0 unspecified atom stereocenters. The minimum atomic E-state index is -0.239. The van der Waals surface area contributed by atoms with E-state index in [0.29, 0.717) is 12.0 Å². The Bertz CT molecular complexity index is 395. The molecule has 94 valence electrons. The number of anilines is 1. The predicted molar refractivity (Wildman–Crippen MR) is 67.8 cm³/mol. The molecule has 17 heavy (non-hydrogen) atoms. The Morgan fingerprint density at radius 1 is 1.35 bits per heavy atom. The topological polar surface area (TPSA) is 43.4 Å². The van der Waals surface area contributed by atoms with Gasteiger partial charge in [-0.2, -0.15) is 0 Å². The molecule has 1 fully saturated rings. The summed E-state index contributed by atoms with van der Waals surface area (Å²) < 4.78 is 11.5. The molecule has 0 spiro atoms. The molecule has 1 heterocycles. The van der Waals surface area contributed by atoms with E-state index in [0.717, 1.165) is 24.3 Å². The molecule has 0 aliphatic heterocycles. The molecule has 0 saturated heterocycles. The first kappa shape index (κ1) is 12.0. The average molecular weight is 236 g/mol. The fourth-order valence-corrected chi connectivity index (χ4v) is 1.45. The molecule has 0 aromatic carbocycles. The number of nitrogens with one attached hydrogen (secondary N) is 1. The van der Waals surface area contributed by atoms with E-state index in [-0.39, 0.29) is 5.60 Å². The van der Waals surface area contributed by atoms with Crippen LogP contribution in [0.2, 0.25) is 0 Å². The zero-order valence-corrected chi connectivity index (χ0v) is 10.9. The lowest BCUT2D eigenvalue weighted by Crippen LogP contribution is -2.23. The summed E-state index contributed by atoms with van der Waals surface area (Å²) in [7, 11) is 1.87. The van der Waals surface area contributed by atoms with Crippen LogP contribution in [0.3, 0.4) is 0 Å². The van der Waals surface area contributed by atoms with Gasteiger partial charge in [0.15, 0.2) is 5.75 Å². The van der Waals surface area contributed by atoms with Gasteiger partial charge in [0.25, 0.3) is 0 Å². The smallest absolute Gasteiger partial charge is 0.216 e. The molecule has 2 rings (SSSR count). The van der Waals surface area contributed by atoms with Gasteiger partial charge in [-0.05, 0) is 33.6 Å². The molecule has 4 heteroatoms. The first-order valence-electron chi connectivity index (χ1n) is 6.01. The zero-order chi connectivity index (χ0) is 12.5. The van der Waals surface area contributed by atoms with Crippen LogP contribution in [-0.2, 0) is 0 Å². The van der Waals surface area contributed by atoms with Gasteiger partial charge in [0, 0.05) is 13.1 Å². The lowest BCUT2D eigenvalue weighted by atomic mass is 10.2. The lowest BCUT2D eigenvalue weighted by molar-refractivity contribution is 0.124. The molecule has 0 amide bonds. The number of hydrogen-bond acceptors (Lipinski definition) is 4. The molecule has 1 aliphatic rings. The number of rotatable bonds is 4. The van der Waals surface area contributed by atoms with Gasteiger partial charge in [0.05, 0.1) is 18.0 Å². The minimum absolute atomic E-state index is 0.239. The highest BCUT2D eigenvalue weighted by Gasteiger charge is 2.25. The van der Waals surface area contributed by atoms with E-state index in [1.807, 2.05) is 33.9 Å². The van der Waals surface area contributed by atoms with Gasteiger partial charge in [-0.1, -0.05) is 0 Å². The summed E-state index contributed by atoms with van der Waals surface area (Å²) in [5, 5.41) is 3.11. The second-order valence-corrected chi connectivity index (χ2v) is 5.30. The van der Waals surface area contributed by atoms with Crippen molar-refractivity contribution in [3.63, 3.8) is 0 Å². The molecule has 4 nitrogen and oxygen atoms in total. The molecule has 0 radical (unpaired) electrons. The predicted octanol–water partition coefficient (Wildman–Crippen LogP) is 2.84. The van der Waals surface area contributed by atoms with Crippen molar-refractivity contribution in [3.05, 3.63) is 12.3 Å². The molecule has 0 bridgehead atoms. The molecule has 1 aliphatic carbocycles. The average Bonchev–Trinajstić information content (AvgIpc) is 3.02. The van der Waals surface area contributed by atoms with Crippen LogP contribution in [0.5, 0.6) is 11.6 Å². The van der Waals surface area contributed by atoms with Gasteiger partial charge in [-0.3, -0.25) is 0 Å². The first-order chi connectivity index (χ1) is 7.98. The highest BCUT2D eigenvalue weighted by Crippen LogP contribution is 2.33. The fourth-order valence-electron chi connectivity index (χ4n) is 1.45. The Morgan fingerprint density at radius 2 is 2.06 bits per heavy atom. The van der Waals surface area contributed by atoms with Crippen molar-refractivity contribution in [2.75, 3.05) is 12.4 Å². The van der Waals surface area contributed by atoms with Crippen molar-refractivity contribution >= 4 is 5.69 Å². The van der Waals surface area contributed by atoms with Crippen LogP contribution in [0.25, 0.3) is 0 Å². The standard InChI is InChI=1S/C13H20N2O2/c1-13(2,3)17-12-7-10(14-4)11(8-15-12)16-9-5-6-9/h7-9H,5-6H2,1-4H3,(H,14,15). The third-order valence-electron chi connectivity index (χ3n) is 2.34. The summed E-state index contributed by atoms with van der Waals surface area (Å²) >= 11 is 0. The maximum atomic E-state index is 5.75. The quantitative estimate of drug-likeness (QED) is 0.873. The van der Waals surface area contributed by atoms with Gasteiger partial charge in [0.1, 0.15) is 5.60 Å². The molecule has 0 atom stereocenters. The van der Waals surface area contributed by atoms with Crippen LogP contribution in [0.4, 0.5) is 5.69 Å². The SMILES string of the molecule is CNc1cc(OC(C)(C)C)ncc1OC1CC1. The first-order valence-corrected chi connectivity index (χ1v) is 6.01. The van der Waals surface area contributed by atoms with E-state index in [1.54, 1.807) is 6.20 Å². The van der Waals surface area contributed by atoms with Crippen LogP contribution < -0.4 is 14.8 Å². The van der Waals surface area contributed by atoms with Crippen LogP contribution in [0.15, 0.2) is 12.3 Å². The zero-order valence-electron chi connectivity index (χ0n) is 10.9. The molecule has 1 aromatic heterocycles. The second kappa shape index (κ2) is 4.43. The minimum Gasteiger partial charge on any atom is -0.487 e. The molecular weight excluding hydrogens is 216 g/mol. The number of nitrogens with zero attached hydrogens (tertiary/aromatic N) is 1. The largest absolute Gasteiger partial charge is 0.487 e. The van der Waals surface area contributed by atoms with Crippen molar-refractivity contribution in [2.45, 2.75) is 45.3 Å². The normalized spacial score (nSPS) is 15.5. The van der Waals surface area contributed by atoms with Crippen molar-refractivity contribution < 1.29 is 9.47 Å². The van der Waals surface area contributed by atoms with E-state index in [2.05, 4.69) is 10.3 Å². The number of pyridine rings is 1. The highest BCUT2D eigenvalue weighted by molar-refractivity contribution is 5.57. The van der Waals surface area contributed by atoms with Gasteiger partial charge >= 0.3 is 0 Å². The van der Waals surface area contributed by atoms with Crippen molar-refractivity contribution in [3.8, 4) is 11.6 Å². The van der Waals surface area contributed by atoms with Crippen LogP contribution in [0.1, 0.15) is 33.6 Å². The molecule has 1 saturated carbocycles. The fraction of sp³-hybridized carbons (Fsp3) is 0.615.